The lowest BCUT2D eigenvalue weighted by Gasteiger charge is -2.41. The molecule has 38 heavy (non-hydrogen) atoms. The molecule has 202 valence electrons. The van der Waals surface area contributed by atoms with Gasteiger partial charge in [-0.15, -0.1) is 0 Å². The zero-order valence-electron chi connectivity index (χ0n) is 22.3. The van der Waals surface area contributed by atoms with Gasteiger partial charge >= 0.3 is 6.01 Å². The zero-order valence-corrected chi connectivity index (χ0v) is 23.1. The molecule has 2 fully saturated rings. The average Bonchev–Trinajstić information content (AvgIpc) is 3.35. The number of rotatable bonds is 6. The molecule has 2 saturated heterocycles. The Bertz CT molecular complexity index is 1200. The minimum Gasteiger partial charge on any atom is -0.462 e. The topological polar surface area (TPSA) is 80.5 Å². The molecule has 1 aromatic carbocycles. The van der Waals surface area contributed by atoms with Crippen LogP contribution in [0.4, 0.5) is 11.5 Å². The summed E-state index contributed by atoms with van der Waals surface area (Å²) in [6.45, 7) is 5.26. The van der Waals surface area contributed by atoms with E-state index in [1.807, 2.05) is 6.07 Å². The molecule has 6 rings (SSSR count). The number of halogens is 1. The first kappa shape index (κ1) is 25.7. The van der Waals surface area contributed by atoms with Gasteiger partial charge in [0.05, 0.1) is 28.9 Å². The predicted octanol–water partition coefficient (Wildman–Crippen LogP) is 3.60. The number of nitrogens with one attached hydrogen (secondary N) is 1. The van der Waals surface area contributed by atoms with Crippen LogP contribution in [-0.4, -0.2) is 79.4 Å². The molecule has 0 unspecified atom stereocenters. The van der Waals surface area contributed by atoms with Crippen molar-refractivity contribution in [2.45, 2.75) is 69.5 Å². The van der Waals surface area contributed by atoms with E-state index in [0.717, 1.165) is 87.8 Å². The number of hydrogen-bond acceptors (Lipinski definition) is 8. The van der Waals surface area contributed by atoms with E-state index in [9.17, 15) is 5.26 Å². The van der Waals surface area contributed by atoms with Crippen LogP contribution in [0.3, 0.4) is 0 Å². The maximum Gasteiger partial charge on any atom is 0.318 e. The number of para-hydroxylation sites is 1. The fourth-order valence-corrected chi connectivity index (χ4v) is 7.08. The first-order valence-electron chi connectivity index (χ1n) is 14.2. The second kappa shape index (κ2) is 11.3. The van der Waals surface area contributed by atoms with E-state index in [0.29, 0.717) is 31.1 Å². The molecule has 2 aromatic rings. The van der Waals surface area contributed by atoms with Gasteiger partial charge in [-0.2, -0.15) is 15.2 Å². The molecule has 3 atom stereocenters. The maximum absolute atomic E-state index is 9.28. The third-order valence-corrected chi connectivity index (χ3v) is 9.12. The van der Waals surface area contributed by atoms with Crippen molar-refractivity contribution in [1.29, 1.82) is 5.26 Å². The first-order valence-corrected chi connectivity index (χ1v) is 14.6. The molecule has 0 saturated carbocycles. The Hall–Kier alpha value is -2.60. The van der Waals surface area contributed by atoms with E-state index in [2.05, 4.69) is 45.3 Å². The Kier molecular flexibility index (Phi) is 7.60. The molecule has 1 aromatic heterocycles. The molecule has 0 bridgehead atoms. The smallest absolute Gasteiger partial charge is 0.318 e. The highest BCUT2D eigenvalue weighted by atomic mass is 35.5. The summed E-state index contributed by atoms with van der Waals surface area (Å²) in [6.07, 6.45) is 7.95. The Morgan fingerprint density at radius 1 is 1.16 bits per heavy atom. The van der Waals surface area contributed by atoms with Gasteiger partial charge in [-0.25, -0.2) is 0 Å². The molecule has 1 N–H and O–H groups in total. The van der Waals surface area contributed by atoms with Gasteiger partial charge < -0.3 is 24.8 Å². The van der Waals surface area contributed by atoms with Crippen molar-refractivity contribution in [1.82, 2.24) is 20.2 Å². The summed E-state index contributed by atoms with van der Waals surface area (Å²) < 4.78 is 6.30. The van der Waals surface area contributed by atoms with Crippen LogP contribution in [0.5, 0.6) is 6.01 Å². The van der Waals surface area contributed by atoms with Gasteiger partial charge in [0.2, 0.25) is 0 Å². The molecule has 4 heterocycles. The van der Waals surface area contributed by atoms with Crippen molar-refractivity contribution in [2.75, 3.05) is 56.2 Å². The number of hydrogen-bond donors (Lipinski definition) is 1. The third kappa shape index (κ3) is 5.16. The van der Waals surface area contributed by atoms with Crippen LogP contribution in [-0.2, 0) is 19.3 Å². The molecule has 3 aliphatic heterocycles. The van der Waals surface area contributed by atoms with Crippen LogP contribution in [0.15, 0.2) is 18.2 Å². The van der Waals surface area contributed by atoms with E-state index in [-0.39, 0.29) is 6.04 Å². The van der Waals surface area contributed by atoms with E-state index < -0.39 is 0 Å². The monoisotopic (exact) mass is 535 g/mol. The normalized spacial score (nSPS) is 25.6. The third-order valence-electron chi connectivity index (χ3n) is 8.82. The highest BCUT2D eigenvalue weighted by molar-refractivity contribution is 6.33. The van der Waals surface area contributed by atoms with Gasteiger partial charge in [0.15, 0.2) is 0 Å². The second-order valence-electron chi connectivity index (χ2n) is 11.2. The van der Waals surface area contributed by atoms with Gasteiger partial charge in [-0.3, -0.25) is 0 Å². The minimum absolute atomic E-state index is 0.152. The summed E-state index contributed by atoms with van der Waals surface area (Å²) in [7, 11) is 2.17. The van der Waals surface area contributed by atoms with Crippen molar-refractivity contribution in [3.63, 3.8) is 0 Å². The summed E-state index contributed by atoms with van der Waals surface area (Å²) in [5.74, 6) is 1.00. The van der Waals surface area contributed by atoms with Crippen molar-refractivity contribution in [3.05, 3.63) is 40.0 Å². The molecule has 4 aliphatic rings. The molecule has 8 nitrogen and oxygen atoms in total. The van der Waals surface area contributed by atoms with Crippen LogP contribution in [0.25, 0.3) is 0 Å². The van der Waals surface area contributed by atoms with E-state index in [1.54, 1.807) is 0 Å². The number of benzene rings is 1. The van der Waals surface area contributed by atoms with Gasteiger partial charge in [0.25, 0.3) is 0 Å². The SMILES string of the molecule is CN1CCC[C@H]1COc1nc2c(c(N3CCN[C@@H](CC#N)C3)n1)CC[C@@H](N1CCCc3cccc(Cl)c31)C2. The summed E-state index contributed by atoms with van der Waals surface area (Å²) in [6, 6.07) is 10.0. The Balaban J connectivity index is 1.30. The standard InChI is InChI=1S/C29H38ClN7O/c1-35-14-4-7-23(35)19-38-29-33-26-17-22(37-15-3-6-20-5-2-8-25(30)27(20)37)9-10-24(26)28(34-29)36-16-13-32-21(18-36)11-12-31/h2,5,8,21-23,32H,3-4,6-7,9-11,13-19H2,1H3/t21-,22+,23-/m0/s1. The maximum atomic E-state index is 9.28. The number of aryl methyl sites for hydroxylation is 1. The fraction of sp³-hybridized carbons (Fsp3) is 0.621. The van der Waals surface area contributed by atoms with Gasteiger partial charge in [-0.05, 0) is 63.7 Å². The minimum atomic E-state index is 0.152. The van der Waals surface area contributed by atoms with Crippen molar-refractivity contribution >= 4 is 23.1 Å². The molecular formula is C29H38ClN7O. The van der Waals surface area contributed by atoms with Crippen LogP contribution < -0.4 is 19.9 Å². The molecular weight excluding hydrogens is 498 g/mol. The van der Waals surface area contributed by atoms with E-state index in [4.69, 9.17) is 26.3 Å². The van der Waals surface area contributed by atoms with Gasteiger partial charge in [0.1, 0.15) is 12.4 Å². The van der Waals surface area contributed by atoms with Crippen LogP contribution in [0, 0.1) is 11.3 Å². The van der Waals surface area contributed by atoms with Crippen molar-refractivity contribution in [3.8, 4) is 12.1 Å². The summed E-state index contributed by atoms with van der Waals surface area (Å²) in [4.78, 5) is 17.3. The van der Waals surface area contributed by atoms with Crippen molar-refractivity contribution < 1.29 is 4.74 Å². The fourth-order valence-electron chi connectivity index (χ4n) is 6.77. The number of anilines is 2. The largest absolute Gasteiger partial charge is 0.462 e. The van der Waals surface area contributed by atoms with Crippen molar-refractivity contribution in [2.24, 2.45) is 0 Å². The number of likely N-dealkylation sites (N-methyl/N-ethyl adjacent to an activating group) is 1. The second-order valence-corrected chi connectivity index (χ2v) is 11.7. The van der Waals surface area contributed by atoms with Crippen LogP contribution in [0.1, 0.15) is 48.9 Å². The molecule has 0 spiro atoms. The number of ether oxygens (including phenoxy) is 1. The summed E-state index contributed by atoms with van der Waals surface area (Å²) in [5.41, 5.74) is 4.92. The lowest BCUT2D eigenvalue weighted by Crippen LogP contribution is -2.51. The number of fused-ring (bicyclic) bond motifs is 2. The number of nitriles is 1. The highest BCUT2D eigenvalue weighted by Gasteiger charge is 2.34. The first-order chi connectivity index (χ1) is 18.6. The summed E-state index contributed by atoms with van der Waals surface area (Å²) in [5, 5.41) is 13.6. The number of nitrogens with zero attached hydrogens (tertiary/aromatic N) is 6. The van der Waals surface area contributed by atoms with Crippen LogP contribution >= 0.6 is 11.6 Å². The molecule has 0 amide bonds. The van der Waals surface area contributed by atoms with E-state index in [1.165, 1.54) is 23.2 Å². The predicted molar refractivity (Wildman–Crippen MR) is 150 cm³/mol. The van der Waals surface area contributed by atoms with E-state index >= 15 is 0 Å². The molecule has 1 aliphatic carbocycles. The lowest BCUT2D eigenvalue weighted by atomic mass is 9.88. The zero-order chi connectivity index (χ0) is 26.1. The Labute approximate surface area is 230 Å². The number of likely N-dealkylation sites (tertiary alicyclic amines) is 1. The van der Waals surface area contributed by atoms with Crippen LogP contribution in [0.2, 0.25) is 5.02 Å². The number of piperazine rings is 1. The quantitative estimate of drug-likeness (QED) is 0.601. The molecule has 9 heteroatoms. The number of aromatic nitrogens is 2. The summed E-state index contributed by atoms with van der Waals surface area (Å²) >= 11 is 6.74. The Morgan fingerprint density at radius 2 is 2.08 bits per heavy atom. The lowest BCUT2D eigenvalue weighted by molar-refractivity contribution is 0.187. The molecule has 0 radical (unpaired) electrons. The van der Waals surface area contributed by atoms with Gasteiger partial charge in [0, 0.05) is 56.3 Å². The average molecular weight is 536 g/mol. The highest BCUT2D eigenvalue weighted by Crippen LogP contribution is 2.39. The van der Waals surface area contributed by atoms with Gasteiger partial charge in [-0.1, -0.05) is 23.7 Å². The Morgan fingerprint density at radius 3 is 2.92 bits per heavy atom.